The molecule has 2 fully saturated rings. The van der Waals surface area contributed by atoms with Crippen molar-refractivity contribution in [1.82, 2.24) is 0 Å². The number of rotatable bonds is 3. The van der Waals surface area contributed by atoms with Gasteiger partial charge in [-0.2, -0.15) is 0 Å². The molecule has 16 heavy (non-hydrogen) atoms. The minimum Gasteiger partial charge on any atom is -0.381 e. The molecule has 92 valence electrons. The van der Waals surface area contributed by atoms with E-state index in [-0.39, 0.29) is 5.92 Å². The highest BCUT2D eigenvalue weighted by atomic mass is 16.5. The lowest BCUT2D eigenvalue weighted by Crippen LogP contribution is -2.35. The van der Waals surface area contributed by atoms with E-state index in [0.29, 0.717) is 24.2 Å². The van der Waals surface area contributed by atoms with Gasteiger partial charge < -0.3 is 4.74 Å². The smallest absolute Gasteiger partial charge is 0.141 e. The van der Waals surface area contributed by atoms with Crippen LogP contribution in [-0.4, -0.2) is 19.0 Å². The van der Waals surface area contributed by atoms with Gasteiger partial charge in [-0.3, -0.25) is 4.79 Å². The van der Waals surface area contributed by atoms with Gasteiger partial charge in [-0.25, -0.2) is 0 Å². The van der Waals surface area contributed by atoms with Gasteiger partial charge in [0.25, 0.3) is 0 Å². The highest BCUT2D eigenvalue weighted by Crippen LogP contribution is 2.35. The van der Waals surface area contributed by atoms with E-state index in [4.69, 9.17) is 4.74 Å². The third-order valence-electron chi connectivity index (χ3n) is 4.36. The molecule has 1 aliphatic heterocycles. The van der Waals surface area contributed by atoms with Gasteiger partial charge in [-0.15, -0.1) is 0 Å². The first-order chi connectivity index (χ1) is 7.83. The summed E-state index contributed by atoms with van der Waals surface area (Å²) < 4.78 is 5.44. The Morgan fingerprint density at radius 2 is 2.00 bits per heavy atom. The molecule has 0 aromatic carbocycles. The monoisotopic (exact) mass is 224 g/mol. The first-order valence-corrected chi connectivity index (χ1v) is 6.94. The molecule has 0 radical (unpaired) electrons. The van der Waals surface area contributed by atoms with Crippen molar-refractivity contribution < 1.29 is 9.53 Å². The highest BCUT2D eigenvalue weighted by molar-refractivity contribution is 5.84. The highest BCUT2D eigenvalue weighted by Gasteiger charge is 2.34. The zero-order valence-electron chi connectivity index (χ0n) is 10.4. The summed E-state index contributed by atoms with van der Waals surface area (Å²) in [5.74, 6) is 1.74. The Morgan fingerprint density at radius 3 is 2.69 bits per heavy atom. The summed E-state index contributed by atoms with van der Waals surface area (Å²) in [6, 6.07) is 0. The Hall–Kier alpha value is -0.370. The van der Waals surface area contributed by atoms with Crippen LogP contribution in [-0.2, 0) is 9.53 Å². The van der Waals surface area contributed by atoms with Gasteiger partial charge in [-0.05, 0) is 31.6 Å². The van der Waals surface area contributed by atoms with E-state index in [0.717, 1.165) is 25.9 Å². The quantitative estimate of drug-likeness (QED) is 0.736. The van der Waals surface area contributed by atoms with Crippen LogP contribution in [0.15, 0.2) is 0 Å². The normalized spacial score (nSPS) is 35.9. The molecule has 0 spiro atoms. The average Bonchev–Trinajstić information content (AvgIpc) is 2.39. The third kappa shape index (κ3) is 2.65. The maximum atomic E-state index is 12.4. The van der Waals surface area contributed by atoms with Crippen molar-refractivity contribution in [2.24, 2.45) is 17.8 Å². The molecule has 2 aliphatic rings. The molecule has 3 atom stereocenters. The molecule has 2 rings (SSSR count). The molecule has 1 heterocycles. The summed E-state index contributed by atoms with van der Waals surface area (Å²) in [7, 11) is 0. The summed E-state index contributed by atoms with van der Waals surface area (Å²) in [6.45, 7) is 3.77. The second-order valence-electron chi connectivity index (χ2n) is 5.38. The van der Waals surface area contributed by atoms with Crippen LogP contribution < -0.4 is 0 Å². The molecule has 0 amide bonds. The number of carbonyl (C=O) groups excluding carboxylic acids is 1. The number of Topliss-reactive ketones (excluding diaryl/α,β-unsaturated/α-hetero) is 1. The second kappa shape index (κ2) is 5.81. The van der Waals surface area contributed by atoms with Gasteiger partial charge in [-0.1, -0.05) is 26.2 Å². The van der Waals surface area contributed by atoms with Crippen molar-refractivity contribution in [2.75, 3.05) is 13.2 Å². The topological polar surface area (TPSA) is 26.3 Å². The summed E-state index contributed by atoms with van der Waals surface area (Å²) in [5, 5.41) is 0. The van der Waals surface area contributed by atoms with Crippen molar-refractivity contribution in [3.8, 4) is 0 Å². The predicted molar refractivity (Wildman–Crippen MR) is 64.3 cm³/mol. The second-order valence-corrected chi connectivity index (χ2v) is 5.38. The molecule has 2 heteroatoms. The van der Waals surface area contributed by atoms with Gasteiger partial charge in [0.1, 0.15) is 5.78 Å². The van der Waals surface area contributed by atoms with Crippen molar-refractivity contribution >= 4 is 5.78 Å². The van der Waals surface area contributed by atoms with Crippen LogP contribution in [0.25, 0.3) is 0 Å². The van der Waals surface area contributed by atoms with Crippen LogP contribution in [0.4, 0.5) is 0 Å². The van der Waals surface area contributed by atoms with Crippen LogP contribution in [0.2, 0.25) is 0 Å². The van der Waals surface area contributed by atoms with Gasteiger partial charge >= 0.3 is 0 Å². The van der Waals surface area contributed by atoms with E-state index >= 15 is 0 Å². The lowest BCUT2D eigenvalue weighted by atomic mass is 9.72. The first kappa shape index (κ1) is 12.1. The van der Waals surface area contributed by atoms with Crippen LogP contribution in [0.5, 0.6) is 0 Å². The molecule has 0 N–H and O–H groups in total. The van der Waals surface area contributed by atoms with Crippen molar-refractivity contribution in [1.29, 1.82) is 0 Å². The zero-order chi connectivity index (χ0) is 11.4. The molecule has 2 nitrogen and oxygen atoms in total. The number of hydrogen-bond donors (Lipinski definition) is 0. The fourth-order valence-electron chi connectivity index (χ4n) is 3.34. The van der Waals surface area contributed by atoms with Crippen molar-refractivity contribution in [3.63, 3.8) is 0 Å². The summed E-state index contributed by atoms with van der Waals surface area (Å²) >= 11 is 0. The van der Waals surface area contributed by atoms with E-state index in [2.05, 4.69) is 6.92 Å². The summed E-state index contributed by atoms with van der Waals surface area (Å²) in [6.07, 6.45) is 8.27. The number of ether oxygens (including phenoxy) is 1. The van der Waals surface area contributed by atoms with E-state index in [1.54, 1.807) is 0 Å². The molecule has 1 aliphatic carbocycles. The van der Waals surface area contributed by atoms with E-state index in [1.807, 2.05) is 0 Å². The number of ketones is 1. The van der Waals surface area contributed by atoms with Crippen LogP contribution in [0.3, 0.4) is 0 Å². The van der Waals surface area contributed by atoms with Crippen molar-refractivity contribution in [3.05, 3.63) is 0 Å². The third-order valence-corrected chi connectivity index (χ3v) is 4.36. The first-order valence-electron chi connectivity index (χ1n) is 6.94. The van der Waals surface area contributed by atoms with E-state index in [9.17, 15) is 4.79 Å². The van der Waals surface area contributed by atoms with Gasteiger partial charge in [0.15, 0.2) is 0 Å². The number of carbonyl (C=O) groups is 1. The van der Waals surface area contributed by atoms with Crippen LogP contribution in [0, 0.1) is 17.8 Å². The summed E-state index contributed by atoms with van der Waals surface area (Å²) in [4.78, 5) is 12.4. The van der Waals surface area contributed by atoms with Crippen LogP contribution >= 0.6 is 0 Å². The number of hydrogen-bond acceptors (Lipinski definition) is 2. The van der Waals surface area contributed by atoms with Crippen molar-refractivity contribution in [2.45, 2.75) is 51.9 Å². The molecule has 3 unspecified atom stereocenters. The maximum Gasteiger partial charge on any atom is 0.141 e. The fraction of sp³-hybridized carbons (Fsp3) is 0.929. The zero-order valence-corrected chi connectivity index (χ0v) is 10.4. The lowest BCUT2D eigenvalue weighted by Gasteiger charge is -2.33. The molecule has 0 aromatic heterocycles. The SMILES string of the molecule is CCC1CCCCC1C(=O)C1CCCOC1. The van der Waals surface area contributed by atoms with E-state index < -0.39 is 0 Å². The van der Waals surface area contributed by atoms with Gasteiger partial charge in [0.2, 0.25) is 0 Å². The molecular weight excluding hydrogens is 200 g/mol. The Kier molecular flexibility index (Phi) is 4.39. The van der Waals surface area contributed by atoms with Gasteiger partial charge in [0, 0.05) is 18.4 Å². The lowest BCUT2D eigenvalue weighted by molar-refractivity contribution is -0.133. The largest absolute Gasteiger partial charge is 0.381 e. The Balaban J connectivity index is 1.95. The maximum absolute atomic E-state index is 12.4. The molecule has 0 bridgehead atoms. The van der Waals surface area contributed by atoms with Crippen LogP contribution in [0.1, 0.15) is 51.9 Å². The fourth-order valence-corrected chi connectivity index (χ4v) is 3.34. The van der Waals surface area contributed by atoms with E-state index in [1.165, 1.54) is 25.7 Å². The molecule has 1 saturated carbocycles. The predicted octanol–water partition coefficient (Wildman–Crippen LogP) is 3.20. The minimum absolute atomic E-state index is 0.214. The average molecular weight is 224 g/mol. The summed E-state index contributed by atoms with van der Waals surface area (Å²) in [5.41, 5.74) is 0. The standard InChI is InChI=1S/C14H24O2/c1-2-11-6-3-4-8-13(11)14(15)12-7-5-9-16-10-12/h11-13H,2-10H2,1H3. The Labute approximate surface area is 98.7 Å². The minimum atomic E-state index is 0.214. The van der Waals surface area contributed by atoms with Gasteiger partial charge in [0.05, 0.1) is 6.61 Å². The Morgan fingerprint density at radius 1 is 1.19 bits per heavy atom. The molecular formula is C14H24O2. The Bertz CT molecular complexity index is 231. The molecule has 1 saturated heterocycles. The molecule has 0 aromatic rings.